The molecule has 0 aliphatic heterocycles. The van der Waals surface area contributed by atoms with Crippen LogP contribution in [0, 0.1) is 0 Å². The number of ether oxygens (including phenoxy) is 2. The van der Waals surface area contributed by atoms with E-state index in [9.17, 15) is 4.79 Å². The number of benzene rings is 3. The van der Waals surface area contributed by atoms with E-state index in [0.29, 0.717) is 23.6 Å². The average Bonchev–Trinajstić information content (AvgIpc) is 2.67. The molecule has 3 aromatic rings. The number of amides is 1. The Balaban J connectivity index is 1.60. The van der Waals surface area contributed by atoms with Crippen LogP contribution in [0.5, 0.6) is 11.5 Å². The Bertz CT molecular complexity index is 829. The van der Waals surface area contributed by atoms with Crippen LogP contribution in [0.3, 0.4) is 0 Å². The molecule has 0 atom stereocenters. The van der Waals surface area contributed by atoms with Crippen molar-refractivity contribution in [2.75, 3.05) is 12.4 Å². The monoisotopic (exact) mass is 333 g/mol. The summed E-state index contributed by atoms with van der Waals surface area (Å²) in [5.41, 5.74) is 2.35. The van der Waals surface area contributed by atoms with E-state index in [2.05, 4.69) is 5.32 Å². The van der Waals surface area contributed by atoms with Crippen LogP contribution in [0.2, 0.25) is 0 Å². The molecule has 3 aromatic carbocycles. The lowest BCUT2D eigenvalue weighted by Crippen LogP contribution is -2.11. The predicted molar refractivity (Wildman–Crippen MR) is 98.2 cm³/mol. The maximum absolute atomic E-state index is 12.3. The minimum Gasteiger partial charge on any atom is -0.497 e. The van der Waals surface area contributed by atoms with E-state index in [1.165, 1.54) is 0 Å². The first-order chi connectivity index (χ1) is 12.2. The first-order valence-corrected chi connectivity index (χ1v) is 7.97. The van der Waals surface area contributed by atoms with Crippen molar-refractivity contribution in [3.63, 3.8) is 0 Å². The maximum atomic E-state index is 12.3. The van der Waals surface area contributed by atoms with Gasteiger partial charge < -0.3 is 14.8 Å². The van der Waals surface area contributed by atoms with Gasteiger partial charge in [-0.2, -0.15) is 0 Å². The fourth-order valence-electron chi connectivity index (χ4n) is 2.35. The molecular weight excluding hydrogens is 314 g/mol. The Morgan fingerprint density at radius 2 is 1.64 bits per heavy atom. The number of nitrogens with one attached hydrogen (secondary N) is 1. The average molecular weight is 333 g/mol. The van der Waals surface area contributed by atoms with Crippen molar-refractivity contribution in [1.29, 1.82) is 0 Å². The van der Waals surface area contributed by atoms with E-state index in [1.807, 2.05) is 48.5 Å². The Morgan fingerprint density at radius 3 is 2.36 bits per heavy atom. The number of rotatable bonds is 6. The number of hydrogen-bond acceptors (Lipinski definition) is 3. The van der Waals surface area contributed by atoms with Crippen LogP contribution in [-0.2, 0) is 6.61 Å². The van der Waals surface area contributed by atoms with Gasteiger partial charge in [-0.15, -0.1) is 0 Å². The van der Waals surface area contributed by atoms with Gasteiger partial charge in [0.05, 0.1) is 7.11 Å². The molecule has 0 fully saturated rings. The van der Waals surface area contributed by atoms with Gasteiger partial charge in [0.15, 0.2) is 0 Å². The standard InChI is InChI=1S/C21H19NO3/c1-24-20-9-5-8-18(14-20)22-21(23)17-10-12-19(13-11-17)25-15-16-6-3-2-4-7-16/h2-14H,15H2,1H3,(H,22,23). The molecule has 0 aromatic heterocycles. The predicted octanol–water partition coefficient (Wildman–Crippen LogP) is 4.53. The van der Waals surface area contributed by atoms with E-state index >= 15 is 0 Å². The van der Waals surface area contributed by atoms with Crippen LogP contribution in [0.4, 0.5) is 5.69 Å². The smallest absolute Gasteiger partial charge is 0.255 e. The van der Waals surface area contributed by atoms with Gasteiger partial charge in [-0.1, -0.05) is 36.4 Å². The zero-order valence-corrected chi connectivity index (χ0v) is 13.9. The lowest BCUT2D eigenvalue weighted by Gasteiger charge is -2.09. The second kappa shape index (κ2) is 8.02. The van der Waals surface area contributed by atoms with Gasteiger partial charge in [-0.25, -0.2) is 0 Å². The number of carbonyl (C=O) groups is 1. The second-order valence-electron chi connectivity index (χ2n) is 5.48. The van der Waals surface area contributed by atoms with Gasteiger partial charge in [0.1, 0.15) is 18.1 Å². The summed E-state index contributed by atoms with van der Waals surface area (Å²) in [6, 6.07) is 24.3. The highest BCUT2D eigenvalue weighted by molar-refractivity contribution is 6.04. The van der Waals surface area contributed by atoms with Crippen molar-refractivity contribution in [1.82, 2.24) is 0 Å². The van der Waals surface area contributed by atoms with E-state index < -0.39 is 0 Å². The van der Waals surface area contributed by atoms with Gasteiger partial charge in [-0.05, 0) is 42.0 Å². The summed E-state index contributed by atoms with van der Waals surface area (Å²) in [5.74, 6) is 1.24. The van der Waals surface area contributed by atoms with E-state index in [4.69, 9.17) is 9.47 Å². The summed E-state index contributed by atoms with van der Waals surface area (Å²) in [6.07, 6.45) is 0. The highest BCUT2D eigenvalue weighted by atomic mass is 16.5. The SMILES string of the molecule is COc1cccc(NC(=O)c2ccc(OCc3ccccc3)cc2)c1. The number of anilines is 1. The Morgan fingerprint density at radius 1 is 0.880 bits per heavy atom. The third-order valence-electron chi connectivity index (χ3n) is 3.69. The second-order valence-corrected chi connectivity index (χ2v) is 5.48. The minimum atomic E-state index is -0.178. The Labute approximate surface area is 147 Å². The highest BCUT2D eigenvalue weighted by Crippen LogP contribution is 2.19. The molecule has 25 heavy (non-hydrogen) atoms. The molecule has 3 rings (SSSR count). The lowest BCUT2D eigenvalue weighted by atomic mass is 10.2. The number of carbonyl (C=O) groups excluding carboxylic acids is 1. The normalized spacial score (nSPS) is 10.1. The van der Waals surface area contributed by atoms with Crippen molar-refractivity contribution in [2.24, 2.45) is 0 Å². The molecule has 1 amide bonds. The van der Waals surface area contributed by atoms with Gasteiger partial charge in [-0.3, -0.25) is 4.79 Å². The van der Waals surface area contributed by atoms with Crippen LogP contribution < -0.4 is 14.8 Å². The molecule has 0 unspecified atom stereocenters. The van der Waals surface area contributed by atoms with Gasteiger partial charge in [0.25, 0.3) is 5.91 Å². The van der Waals surface area contributed by atoms with Crippen molar-refractivity contribution < 1.29 is 14.3 Å². The third kappa shape index (κ3) is 4.61. The maximum Gasteiger partial charge on any atom is 0.255 e. The van der Waals surface area contributed by atoms with Gasteiger partial charge >= 0.3 is 0 Å². The van der Waals surface area contributed by atoms with Crippen LogP contribution in [0.15, 0.2) is 78.9 Å². The van der Waals surface area contributed by atoms with Gasteiger partial charge in [0.2, 0.25) is 0 Å². The van der Waals surface area contributed by atoms with Crippen molar-refractivity contribution in [2.45, 2.75) is 6.61 Å². The fraction of sp³-hybridized carbons (Fsp3) is 0.0952. The van der Waals surface area contributed by atoms with Crippen molar-refractivity contribution in [3.05, 3.63) is 90.0 Å². The summed E-state index contributed by atoms with van der Waals surface area (Å²) in [7, 11) is 1.59. The van der Waals surface area contributed by atoms with Crippen molar-refractivity contribution >= 4 is 11.6 Å². The minimum absolute atomic E-state index is 0.178. The molecule has 0 bridgehead atoms. The van der Waals surface area contributed by atoms with Crippen LogP contribution in [0.1, 0.15) is 15.9 Å². The molecule has 0 saturated heterocycles. The molecule has 126 valence electrons. The van der Waals surface area contributed by atoms with Crippen LogP contribution in [-0.4, -0.2) is 13.0 Å². The molecule has 0 aliphatic rings. The zero-order valence-electron chi connectivity index (χ0n) is 13.9. The summed E-state index contributed by atoms with van der Waals surface area (Å²) in [6.45, 7) is 0.496. The van der Waals surface area contributed by atoms with E-state index in [-0.39, 0.29) is 5.91 Å². The Kier molecular flexibility index (Phi) is 5.32. The quantitative estimate of drug-likeness (QED) is 0.721. The van der Waals surface area contributed by atoms with Gasteiger partial charge in [0, 0.05) is 17.3 Å². The Hall–Kier alpha value is -3.27. The lowest BCUT2D eigenvalue weighted by molar-refractivity contribution is 0.102. The van der Waals surface area contributed by atoms with Crippen molar-refractivity contribution in [3.8, 4) is 11.5 Å². The summed E-state index contributed by atoms with van der Waals surface area (Å²) >= 11 is 0. The summed E-state index contributed by atoms with van der Waals surface area (Å²) in [4.78, 5) is 12.3. The molecule has 0 aliphatic carbocycles. The topological polar surface area (TPSA) is 47.6 Å². The number of hydrogen-bond donors (Lipinski definition) is 1. The first kappa shape index (κ1) is 16.6. The molecule has 0 spiro atoms. The summed E-state index contributed by atoms with van der Waals surface area (Å²) in [5, 5.41) is 2.85. The zero-order chi connectivity index (χ0) is 17.5. The summed E-state index contributed by atoms with van der Waals surface area (Å²) < 4.78 is 10.9. The molecule has 0 saturated carbocycles. The van der Waals surface area contributed by atoms with Crippen LogP contribution >= 0.6 is 0 Å². The molecule has 0 radical (unpaired) electrons. The van der Waals surface area contributed by atoms with Crippen LogP contribution in [0.25, 0.3) is 0 Å². The molecule has 4 heteroatoms. The number of methoxy groups -OCH3 is 1. The molecule has 1 N–H and O–H groups in total. The molecule has 0 heterocycles. The third-order valence-corrected chi connectivity index (χ3v) is 3.69. The first-order valence-electron chi connectivity index (χ1n) is 7.97. The highest BCUT2D eigenvalue weighted by Gasteiger charge is 2.07. The largest absolute Gasteiger partial charge is 0.497 e. The van der Waals surface area contributed by atoms with E-state index in [1.54, 1.807) is 37.4 Å². The molecular formula is C21H19NO3. The van der Waals surface area contributed by atoms with E-state index in [0.717, 1.165) is 11.3 Å². The fourth-order valence-corrected chi connectivity index (χ4v) is 2.35. The molecule has 4 nitrogen and oxygen atoms in total.